The van der Waals surface area contributed by atoms with Crippen molar-refractivity contribution >= 4 is 15.9 Å². The number of hydrogen-bond acceptors (Lipinski definition) is 5. The molecular weight excluding hydrogens is 438 g/mol. The van der Waals surface area contributed by atoms with Gasteiger partial charge in [-0.05, 0) is 80.6 Å². The third kappa shape index (κ3) is 6.34. The summed E-state index contributed by atoms with van der Waals surface area (Å²) in [5.41, 5.74) is 1.78. The fourth-order valence-corrected chi connectivity index (χ4v) is 5.30. The van der Waals surface area contributed by atoms with Gasteiger partial charge in [-0.1, -0.05) is 18.6 Å². The monoisotopic (exact) mass is 471 g/mol. The molecule has 2 aliphatic heterocycles. The quantitative estimate of drug-likeness (QED) is 0.727. The van der Waals surface area contributed by atoms with E-state index in [2.05, 4.69) is 23.1 Å². The first-order valence-corrected chi connectivity index (χ1v) is 13.3. The zero-order valence-electron chi connectivity index (χ0n) is 19.0. The van der Waals surface area contributed by atoms with Crippen LogP contribution in [0, 0.1) is 0 Å². The number of benzene rings is 2. The SMILES string of the molecule is NS(=O)(=O)c1ccc(C(=O)N2CCCOc3cccc(c3)CCC3CCCCN3CC2)cc1. The van der Waals surface area contributed by atoms with E-state index in [1.807, 2.05) is 11.0 Å². The summed E-state index contributed by atoms with van der Waals surface area (Å²) < 4.78 is 29.0. The minimum atomic E-state index is -3.79. The number of rotatable bonds is 2. The van der Waals surface area contributed by atoms with Gasteiger partial charge in [0.2, 0.25) is 10.0 Å². The van der Waals surface area contributed by atoms with E-state index in [-0.39, 0.29) is 10.8 Å². The fourth-order valence-electron chi connectivity index (χ4n) is 4.78. The van der Waals surface area contributed by atoms with Crippen molar-refractivity contribution in [2.45, 2.75) is 49.5 Å². The van der Waals surface area contributed by atoms with E-state index in [0.717, 1.165) is 31.7 Å². The molecule has 2 N–H and O–H groups in total. The molecular formula is C25H33N3O4S. The highest BCUT2D eigenvalue weighted by Gasteiger charge is 2.24. The van der Waals surface area contributed by atoms with Crippen molar-refractivity contribution in [2.75, 3.05) is 32.8 Å². The number of piperidine rings is 1. The Kier molecular flexibility index (Phi) is 7.67. The number of ether oxygens (including phenoxy) is 1. The third-order valence-electron chi connectivity index (χ3n) is 6.63. The number of sulfonamides is 1. The van der Waals surface area contributed by atoms with Gasteiger partial charge in [0.25, 0.3) is 5.91 Å². The number of carbonyl (C=O) groups excluding carboxylic acids is 1. The van der Waals surface area contributed by atoms with Crippen LogP contribution in [0.1, 0.15) is 48.0 Å². The van der Waals surface area contributed by atoms with Crippen LogP contribution in [-0.4, -0.2) is 63.0 Å². The molecule has 4 rings (SSSR count). The molecule has 0 aromatic heterocycles. The molecule has 1 saturated heterocycles. The van der Waals surface area contributed by atoms with Crippen LogP contribution < -0.4 is 9.88 Å². The Morgan fingerprint density at radius 3 is 2.55 bits per heavy atom. The Bertz CT molecular complexity index is 1060. The summed E-state index contributed by atoms with van der Waals surface area (Å²) in [5.74, 6) is 0.778. The zero-order chi connectivity index (χ0) is 23.3. The molecule has 2 heterocycles. The molecule has 0 saturated carbocycles. The van der Waals surface area contributed by atoms with Crippen molar-refractivity contribution in [1.29, 1.82) is 0 Å². The van der Waals surface area contributed by atoms with Crippen molar-refractivity contribution in [2.24, 2.45) is 5.14 Å². The highest BCUT2D eigenvalue weighted by Crippen LogP contribution is 2.23. The Labute approximate surface area is 196 Å². The van der Waals surface area contributed by atoms with Crippen molar-refractivity contribution in [3.8, 4) is 5.75 Å². The maximum absolute atomic E-state index is 13.3. The number of primary sulfonamides is 1. The van der Waals surface area contributed by atoms with Crippen molar-refractivity contribution in [3.63, 3.8) is 0 Å². The van der Waals surface area contributed by atoms with Crippen LogP contribution in [-0.2, 0) is 16.4 Å². The van der Waals surface area contributed by atoms with Crippen molar-refractivity contribution < 1.29 is 17.9 Å². The van der Waals surface area contributed by atoms with Crippen molar-refractivity contribution in [1.82, 2.24) is 9.80 Å². The smallest absolute Gasteiger partial charge is 0.253 e. The van der Waals surface area contributed by atoms with Crippen molar-refractivity contribution in [3.05, 3.63) is 59.7 Å². The normalized spacial score (nSPS) is 20.9. The molecule has 1 atom stereocenters. The molecule has 1 fully saturated rings. The lowest BCUT2D eigenvalue weighted by Crippen LogP contribution is -2.45. The highest BCUT2D eigenvalue weighted by atomic mass is 32.2. The highest BCUT2D eigenvalue weighted by molar-refractivity contribution is 7.89. The number of amides is 1. The molecule has 2 aromatic rings. The zero-order valence-corrected chi connectivity index (χ0v) is 19.8. The van der Waals surface area contributed by atoms with Crippen LogP contribution in [0.4, 0.5) is 0 Å². The lowest BCUT2D eigenvalue weighted by atomic mass is 9.95. The van der Waals surface area contributed by atoms with E-state index in [1.54, 1.807) is 12.1 Å². The molecule has 178 valence electrons. The maximum atomic E-state index is 13.3. The van der Waals surface area contributed by atoms with Gasteiger partial charge in [-0.3, -0.25) is 9.69 Å². The minimum absolute atomic E-state index is 0.00634. The van der Waals surface area contributed by atoms with Gasteiger partial charge in [0.15, 0.2) is 0 Å². The van der Waals surface area contributed by atoms with E-state index >= 15 is 0 Å². The molecule has 2 aromatic carbocycles. The van der Waals surface area contributed by atoms with Gasteiger partial charge in [-0.15, -0.1) is 0 Å². The van der Waals surface area contributed by atoms with E-state index in [1.165, 1.54) is 37.0 Å². The summed E-state index contributed by atoms with van der Waals surface area (Å²) in [5, 5.41) is 5.19. The predicted octanol–water partition coefficient (Wildman–Crippen LogP) is 3.05. The standard InChI is InChI=1S/C25H33N3O4S/c26-33(30,31)24-12-9-21(10-13-24)25(29)28-15-4-18-32-23-7-3-5-20(19-23)8-11-22-6-1-2-14-27(22)16-17-28/h3,5,7,9-10,12-13,19,22H,1-2,4,6,8,11,14-18H2,(H2,26,30,31). The lowest BCUT2D eigenvalue weighted by Gasteiger charge is -2.37. The van der Waals surface area contributed by atoms with Gasteiger partial charge in [0.05, 0.1) is 11.5 Å². The first-order chi connectivity index (χ1) is 15.9. The van der Waals surface area contributed by atoms with Crippen LogP contribution in [0.2, 0.25) is 0 Å². The third-order valence-corrected chi connectivity index (χ3v) is 7.56. The Hall–Kier alpha value is -2.42. The molecule has 0 aliphatic carbocycles. The minimum Gasteiger partial charge on any atom is -0.494 e. The maximum Gasteiger partial charge on any atom is 0.253 e. The molecule has 2 bridgehead atoms. The summed E-state index contributed by atoms with van der Waals surface area (Å²) in [6.45, 7) is 3.65. The van der Waals surface area contributed by atoms with Gasteiger partial charge >= 0.3 is 0 Å². The number of carbonyl (C=O) groups is 1. The summed E-state index contributed by atoms with van der Waals surface area (Å²) in [4.78, 5) is 17.7. The molecule has 33 heavy (non-hydrogen) atoms. The van der Waals surface area contributed by atoms with E-state index in [9.17, 15) is 13.2 Å². The fraction of sp³-hybridized carbons (Fsp3) is 0.480. The van der Waals surface area contributed by atoms with Crippen LogP contribution >= 0.6 is 0 Å². The van der Waals surface area contributed by atoms with Gasteiger partial charge < -0.3 is 9.64 Å². The number of nitrogens with zero attached hydrogens (tertiary/aromatic N) is 2. The van der Waals surface area contributed by atoms with E-state index in [4.69, 9.17) is 9.88 Å². The predicted molar refractivity (Wildman–Crippen MR) is 128 cm³/mol. The molecule has 0 radical (unpaired) electrons. The van der Waals surface area contributed by atoms with Gasteiger partial charge in [-0.25, -0.2) is 13.6 Å². The van der Waals surface area contributed by atoms with Crippen LogP contribution in [0.15, 0.2) is 53.4 Å². The van der Waals surface area contributed by atoms with Gasteiger partial charge in [0, 0.05) is 31.2 Å². The molecule has 2 aliphatic rings. The van der Waals surface area contributed by atoms with Crippen LogP contribution in [0.3, 0.4) is 0 Å². The van der Waals surface area contributed by atoms with Gasteiger partial charge in [-0.2, -0.15) is 0 Å². The van der Waals surface area contributed by atoms with Crippen LogP contribution in [0.5, 0.6) is 5.75 Å². The number of hydrogen-bond donors (Lipinski definition) is 1. The molecule has 7 nitrogen and oxygen atoms in total. The molecule has 1 amide bonds. The Morgan fingerprint density at radius 2 is 1.76 bits per heavy atom. The second kappa shape index (κ2) is 10.7. The second-order valence-electron chi connectivity index (χ2n) is 8.94. The summed E-state index contributed by atoms with van der Waals surface area (Å²) in [7, 11) is -3.79. The molecule has 1 unspecified atom stereocenters. The van der Waals surface area contributed by atoms with E-state index in [0.29, 0.717) is 37.7 Å². The Balaban J connectivity index is 1.51. The van der Waals surface area contributed by atoms with Gasteiger partial charge in [0.1, 0.15) is 5.75 Å². The summed E-state index contributed by atoms with van der Waals surface area (Å²) >= 11 is 0. The summed E-state index contributed by atoms with van der Waals surface area (Å²) in [6.07, 6.45) is 6.49. The number of aryl methyl sites for hydroxylation is 1. The van der Waals surface area contributed by atoms with Crippen LogP contribution in [0.25, 0.3) is 0 Å². The number of nitrogens with two attached hydrogens (primary N) is 1. The Morgan fingerprint density at radius 1 is 0.939 bits per heavy atom. The topological polar surface area (TPSA) is 92.9 Å². The second-order valence-corrected chi connectivity index (χ2v) is 10.5. The molecule has 0 spiro atoms. The lowest BCUT2D eigenvalue weighted by molar-refractivity contribution is 0.0682. The number of fused-ring (bicyclic) bond motifs is 3. The average molecular weight is 472 g/mol. The first-order valence-electron chi connectivity index (χ1n) is 11.8. The summed E-state index contributed by atoms with van der Waals surface area (Å²) in [6, 6.07) is 14.7. The first kappa shape index (κ1) is 23.7. The van der Waals surface area contributed by atoms with E-state index < -0.39 is 10.0 Å². The molecule has 8 heteroatoms. The average Bonchev–Trinajstić information content (AvgIpc) is 2.82. The largest absolute Gasteiger partial charge is 0.494 e.